The topological polar surface area (TPSA) is 34.4 Å². The Bertz CT molecular complexity index is 958. The Hall–Kier alpha value is -2.46. The van der Waals surface area contributed by atoms with Crippen LogP contribution in [0.1, 0.15) is 36.8 Å². The molecule has 26 heavy (non-hydrogen) atoms. The van der Waals surface area contributed by atoms with Gasteiger partial charge in [-0.25, -0.2) is 0 Å². The summed E-state index contributed by atoms with van der Waals surface area (Å²) in [4.78, 5) is 18.5. The van der Waals surface area contributed by atoms with Crippen molar-refractivity contribution in [2.24, 2.45) is 10.4 Å². The number of aromatic nitrogens is 1. The average Bonchev–Trinajstić information content (AvgIpc) is 2.96. The highest BCUT2D eigenvalue weighted by Gasteiger charge is 2.21. The van der Waals surface area contributed by atoms with Crippen LogP contribution in [0.4, 0.5) is 0 Å². The summed E-state index contributed by atoms with van der Waals surface area (Å²) in [5.41, 5.74) is 3.10. The van der Waals surface area contributed by atoms with E-state index in [1.807, 2.05) is 44.5 Å². The van der Waals surface area contributed by atoms with Gasteiger partial charge in [0.2, 0.25) is 0 Å². The molecule has 3 aromatic rings. The maximum absolute atomic E-state index is 12.3. The van der Waals surface area contributed by atoms with Crippen molar-refractivity contribution in [3.05, 3.63) is 81.6 Å². The van der Waals surface area contributed by atoms with Crippen molar-refractivity contribution in [3.63, 3.8) is 0 Å². The predicted molar refractivity (Wildman–Crippen MR) is 108 cm³/mol. The van der Waals surface area contributed by atoms with Gasteiger partial charge in [0, 0.05) is 22.2 Å². The quantitative estimate of drug-likeness (QED) is 0.650. The summed E-state index contributed by atoms with van der Waals surface area (Å²) in [5.74, 6) is -0.103. The van der Waals surface area contributed by atoms with Crippen molar-refractivity contribution in [2.45, 2.75) is 34.1 Å². The van der Waals surface area contributed by atoms with E-state index < -0.39 is 5.41 Å². The van der Waals surface area contributed by atoms with Gasteiger partial charge in [0.1, 0.15) is 0 Å². The fourth-order valence-electron chi connectivity index (χ4n) is 2.58. The summed E-state index contributed by atoms with van der Waals surface area (Å²) in [5, 5.41) is 0. The van der Waals surface area contributed by atoms with Gasteiger partial charge in [0.15, 0.2) is 4.80 Å². The number of thiazole rings is 1. The standard InChI is InChI=1S/C22H24N2OS/c1-16-15-24(21(26-16)23-20(25)22(2,3)4)19-12-10-18(11-13-19)14-17-8-6-5-7-9-17/h5-13,15H,14H2,1-4H3. The van der Waals surface area contributed by atoms with Crippen LogP contribution in [0.5, 0.6) is 0 Å². The van der Waals surface area contributed by atoms with Gasteiger partial charge in [0.05, 0.1) is 0 Å². The average molecular weight is 365 g/mol. The fraction of sp³-hybridized carbons (Fsp3) is 0.273. The first-order valence-corrected chi connectivity index (χ1v) is 9.56. The number of rotatable bonds is 3. The van der Waals surface area contributed by atoms with E-state index in [-0.39, 0.29) is 5.91 Å². The van der Waals surface area contributed by atoms with Gasteiger partial charge in [0.25, 0.3) is 5.91 Å². The number of amides is 1. The number of hydrogen-bond donors (Lipinski definition) is 0. The summed E-state index contributed by atoms with van der Waals surface area (Å²) in [6, 6.07) is 18.9. The molecule has 134 valence electrons. The number of benzene rings is 2. The van der Waals surface area contributed by atoms with Crippen LogP contribution in [0, 0.1) is 12.3 Å². The Balaban J connectivity index is 1.90. The SMILES string of the molecule is Cc1cn(-c2ccc(Cc3ccccc3)cc2)c(=NC(=O)C(C)(C)C)s1. The summed E-state index contributed by atoms with van der Waals surface area (Å²) in [7, 11) is 0. The Kier molecular flexibility index (Phi) is 5.23. The second-order valence-electron chi connectivity index (χ2n) is 7.49. The largest absolute Gasteiger partial charge is 0.292 e. The molecule has 0 aliphatic carbocycles. The van der Waals surface area contributed by atoms with Crippen LogP contribution in [0.15, 0.2) is 65.8 Å². The molecule has 4 heteroatoms. The third-order valence-electron chi connectivity index (χ3n) is 4.07. The first kappa shape index (κ1) is 18.3. The van der Waals surface area contributed by atoms with Crippen LogP contribution in [-0.4, -0.2) is 10.5 Å². The lowest BCUT2D eigenvalue weighted by Gasteiger charge is -2.12. The highest BCUT2D eigenvalue weighted by molar-refractivity contribution is 7.09. The molecular weight excluding hydrogens is 340 g/mol. The van der Waals surface area contributed by atoms with E-state index in [0.717, 1.165) is 21.8 Å². The van der Waals surface area contributed by atoms with Gasteiger partial charge in [-0.1, -0.05) is 63.2 Å². The molecular formula is C22H24N2OS. The Labute approximate surface area is 158 Å². The highest BCUT2D eigenvalue weighted by Crippen LogP contribution is 2.17. The molecule has 3 rings (SSSR count). The Morgan fingerprint density at radius 2 is 1.62 bits per heavy atom. The van der Waals surface area contributed by atoms with Gasteiger partial charge >= 0.3 is 0 Å². The maximum Gasteiger partial charge on any atom is 0.253 e. The van der Waals surface area contributed by atoms with E-state index in [4.69, 9.17) is 0 Å². The van der Waals surface area contributed by atoms with Gasteiger partial charge in [-0.15, -0.1) is 11.3 Å². The minimum atomic E-state index is -0.477. The van der Waals surface area contributed by atoms with Gasteiger partial charge in [-0.2, -0.15) is 4.99 Å². The summed E-state index contributed by atoms with van der Waals surface area (Å²) in [6.45, 7) is 7.71. The molecule has 0 bridgehead atoms. The normalized spacial score (nSPS) is 12.4. The van der Waals surface area contributed by atoms with E-state index >= 15 is 0 Å². The molecule has 0 N–H and O–H groups in total. The molecule has 0 saturated heterocycles. The molecule has 1 heterocycles. The first-order chi connectivity index (χ1) is 12.3. The van der Waals surface area contributed by atoms with Crippen molar-refractivity contribution < 1.29 is 4.79 Å². The minimum absolute atomic E-state index is 0.103. The third-order valence-corrected chi connectivity index (χ3v) is 4.97. The van der Waals surface area contributed by atoms with Crippen LogP contribution in [0.2, 0.25) is 0 Å². The van der Waals surface area contributed by atoms with Crippen molar-refractivity contribution in [1.29, 1.82) is 0 Å². The Morgan fingerprint density at radius 1 is 1.00 bits per heavy atom. The molecule has 2 aromatic carbocycles. The van der Waals surface area contributed by atoms with Crippen LogP contribution < -0.4 is 4.80 Å². The van der Waals surface area contributed by atoms with Crippen LogP contribution >= 0.6 is 11.3 Å². The molecule has 1 amide bonds. The summed E-state index contributed by atoms with van der Waals surface area (Å²) in [6.07, 6.45) is 2.94. The molecule has 1 aromatic heterocycles. The van der Waals surface area contributed by atoms with Crippen molar-refractivity contribution >= 4 is 17.2 Å². The second kappa shape index (κ2) is 7.42. The van der Waals surface area contributed by atoms with E-state index in [0.29, 0.717) is 0 Å². The van der Waals surface area contributed by atoms with Crippen molar-refractivity contribution in [2.75, 3.05) is 0 Å². The number of nitrogens with zero attached hydrogens (tertiary/aromatic N) is 2. The lowest BCUT2D eigenvalue weighted by molar-refractivity contribution is -0.125. The smallest absolute Gasteiger partial charge is 0.253 e. The molecule has 3 nitrogen and oxygen atoms in total. The molecule has 0 saturated carbocycles. The van der Waals surface area contributed by atoms with Gasteiger partial charge in [-0.05, 0) is 36.6 Å². The van der Waals surface area contributed by atoms with Crippen LogP contribution in [-0.2, 0) is 11.2 Å². The number of hydrogen-bond acceptors (Lipinski definition) is 2. The Morgan fingerprint density at radius 3 is 2.23 bits per heavy atom. The zero-order valence-electron chi connectivity index (χ0n) is 15.7. The maximum atomic E-state index is 12.3. The molecule has 0 radical (unpaired) electrons. The molecule has 0 aliphatic heterocycles. The highest BCUT2D eigenvalue weighted by atomic mass is 32.1. The number of carbonyl (C=O) groups is 1. The summed E-state index contributed by atoms with van der Waals surface area (Å²) < 4.78 is 2.00. The lowest BCUT2D eigenvalue weighted by Crippen LogP contribution is -2.22. The first-order valence-electron chi connectivity index (χ1n) is 8.74. The van der Waals surface area contributed by atoms with Crippen LogP contribution in [0.3, 0.4) is 0 Å². The zero-order chi connectivity index (χ0) is 18.7. The number of aryl methyl sites for hydroxylation is 1. The van der Waals surface area contributed by atoms with Crippen molar-refractivity contribution in [1.82, 2.24) is 4.57 Å². The fourth-order valence-corrected chi connectivity index (χ4v) is 3.41. The zero-order valence-corrected chi connectivity index (χ0v) is 16.5. The molecule has 0 spiro atoms. The van der Waals surface area contributed by atoms with Crippen molar-refractivity contribution in [3.8, 4) is 5.69 Å². The van der Waals surface area contributed by atoms with E-state index in [2.05, 4.69) is 53.5 Å². The third kappa shape index (κ3) is 4.38. The van der Waals surface area contributed by atoms with Gasteiger partial charge in [-0.3, -0.25) is 9.36 Å². The van der Waals surface area contributed by atoms with E-state index in [1.54, 1.807) is 0 Å². The minimum Gasteiger partial charge on any atom is -0.292 e. The molecule has 0 fully saturated rings. The summed E-state index contributed by atoms with van der Waals surface area (Å²) >= 11 is 1.54. The van der Waals surface area contributed by atoms with Crippen LogP contribution in [0.25, 0.3) is 5.69 Å². The van der Waals surface area contributed by atoms with E-state index in [9.17, 15) is 4.79 Å². The van der Waals surface area contributed by atoms with Gasteiger partial charge < -0.3 is 0 Å². The molecule has 0 atom stereocenters. The monoisotopic (exact) mass is 364 g/mol. The molecule has 0 aliphatic rings. The van der Waals surface area contributed by atoms with E-state index in [1.165, 1.54) is 22.5 Å². The second-order valence-corrected chi connectivity index (χ2v) is 8.70. The number of carbonyl (C=O) groups excluding carboxylic acids is 1. The predicted octanol–water partition coefficient (Wildman–Crippen LogP) is 4.91. The lowest BCUT2D eigenvalue weighted by atomic mass is 9.96. The molecule has 0 unspecified atom stereocenters.